The van der Waals surface area contributed by atoms with Gasteiger partial charge in [0.15, 0.2) is 0 Å². The van der Waals surface area contributed by atoms with E-state index < -0.39 is 0 Å². The van der Waals surface area contributed by atoms with Crippen LogP contribution in [0.2, 0.25) is 5.15 Å². The van der Waals surface area contributed by atoms with E-state index in [-0.39, 0.29) is 11.8 Å². The fourth-order valence-electron chi connectivity index (χ4n) is 2.75. The van der Waals surface area contributed by atoms with Gasteiger partial charge in [-0.2, -0.15) is 5.10 Å². The Kier molecular flexibility index (Phi) is 4.85. The van der Waals surface area contributed by atoms with Crippen LogP contribution in [0, 0.1) is 6.92 Å². The highest BCUT2D eigenvalue weighted by molar-refractivity contribution is 6.31. The quantitative estimate of drug-likeness (QED) is 0.787. The molecule has 2 aromatic rings. The third kappa shape index (κ3) is 3.41. The Balaban J connectivity index is 1.77. The number of aryl methyl sites for hydroxylation is 2. The molecule has 0 radical (unpaired) electrons. The molecule has 2 amide bonds. The zero-order chi connectivity index (χ0) is 18.0. The molecule has 0 atom stereocenters. The van der Waals surface area contributed by atoms with Gasteiger partial charge in [0.1, 0.15) is 10.8 Å². The number of hydrogen-bond donors (Lipinski definition) is 0. The van der Waals surface area contributed by atoms with E-state index in [2.05, 4.69) is 10.1 Å². The lowest BCUT2D eigenvalue weighted by atomic mass is 10.2. The first-order valence-corrected chi connectivity index (χ1v) is 8.28. The molecule has 7 nitrogen and oxygen atoms in total. The second-order valence-electron chi connectivity index (χ2n) is 5.71. The predicted molar refractivity (Wildman–Crippen MR) is 93.6 cm³/mol. The van der Waals surface area contributed by atoms with Crippen molar-refractivity contribution >= 4 is 29.5 Å². The average Bonchev–Trinajstić information content (AvgIpc) is 3.19. The van der Waals surface area contributed by atoms with Gasteiger partial charge in [0.2, 0.25) is 0 Å². The molecular weight excluding hydrogens is 342 g/mol. The van der Waals surface area contributed by atoms with E-state index in [1.54, 1.807) is 42.2 Å². The third-order valence-electron chi connectivity index (χ3n) is 3.99. The van der Waals surface area contributed by atoms with Gasteiger partial charge in [-0.15, -0.1) is 0 Å². The lowest BCUT2D eigenvalue weighted by molar-refractivity contribution is -0.134. The predicted octanol–water partition coefficient (Wildman–Crippen LogP) is 2.08. The van der Waals surface area contributed by atoms with Crippen molar-refractivity contribution in [2.75, 3.05) is 13.1 Å². The van der Waals surface area contributed by atoms with Crippen LogP contribution < -0.4 is 0 Å². The molecule has 1 aliphatic rings. The maximum atomic E-state index is 12.6. The number of nitrogens with zero attached hydrogens (tertiary/aromatic N) is 5. The molecule has 1 saturated heterocycles. The molecule has 3 heterocycles. The fraction of sp³-hybridized carbons (Fsp3) is 0.294. The first-order valence-electron chi connectivity index (χ1n) is 7.90. The van der Waals surface area contributed by atoms with Crippen LogP contribution >= 0.6 is 11.6 Å². The molecule has 0 N–H and O–H groups in total. The van der Waals surface area contributed by atoms with Crippen molar-refractivity contribution in [2.45, 2.75) is 13.3 Å². The molecule has 0 bridgehead atoms. The fourth-order valence-corrected chi connectivity index (χ4v) is 2.99. The van der Waals surface area contributed by atoms with Crippen LogP contribution in [0.3, 0.4) is 0 Å². The zero-order valence-corrected chi connectivity index (χ0v) is 14.8. The molecule has 1 aliphatic heterocycles. The van der Waals surface area contributed by atoms with Gasteiger partial charge >= 0.3 is 0 Å². The first-order chi connectivity index (χ1) is 12.0. The summed E-state index contributed by atoms with van der Waals surface area (Å²) in [5.41, 5.74) is 1.75. The Morgan fingerprint density at radius 3 is 2.64 bits per heavy atom. The summed E-state index contributed by atoms with van der Waals surface area (Å²) in [5.74, 6) is -0.559. The molecule has 0 unspecified atom stereocenters. The summed E-state index contributed by atoms with van der Waals surface area (Å²) >= 11 is 6.17. The van der Waals surface area contributed by atoms with Crippen molar-refractivity contribution in [1.29, 1.82) is 0 Å². The maximum Gasteiger partial charge on any atom is 0.291 e. The van der Waals surface area contributed by atoms with Gasteiger partial charge < -0.3 is 0 Å². The summed E-state index contributed by atoms with van der Waals surface area (Å²) < 4.78 is 1.55. The van der Waals surface area contributed by atoms with Crippen LogP contribution in [0.25, 0.3) is 6.08 Å². The average molecular weight is 360 g/mol. The van der Waals surface area contributed by atoms with Gasteiger partial charge in [-0.1, -0.05) is 17.7 Å². The normalized spacial score (nSPS) is 14.5. The van der Waals surface area contributed by atoms with Crippen LogP contribution in [-0.4, -0.2) is 49.7 Å². The lowest BCUT2D eigenvalue weighted by Crippen LogP contribution is -2.44. The van der Waals surface area contributed by atoms with E-state index in [1.165, 1.54) is 16.1 Å². The molecule has 3 rings (SSSR count). The van der Waals surface area contributed by atoms with Crippen molar-refractivity contribution in [3.8, 4) is 0 Å². The van der Waals surface area contributed by atoms with Crippen LogP contribution in [0.5, 0.6) is 0 Å². The molecule has 0 aromatic carbocycles. The molecule has 8 heteroatoms. The van der Waals surface area contributed by atoms with Gasteiger partial charge in [0.05, 0.1) is 5.69 Å². The lowest BCUT2D eigenvalue weighted by Gasteiger charge is -2.26. The smallest absolute Gasteiger partial charge is 0.268 e. The number of carbonyl (C=O) groups is 2. The van der Waals surface area contributed by atoms with Crippen LogP contribution in [-0.2, 0) is 11.8 Å². The Labute approximate surface area is 150 Å². The van der Waals surface area contributed by atoms with Crippen LogP contribution in [0.15, 0.2) is 30.5 Å². The monoisotopic (exact) mass is 359 g/mol. The third-order valence-corrected chi connectivity index (χ3v) is 4.44. The molecule has 1 fully saturated rings. The summed E-state index contributed by atoms with van der Waals surface area (Å²) in [6.45, 7) is 2.80. The van der Waals surface area contributed by atoms with Crippen molar-refractivity contribution < 1.29 is 9.59 Å². The molecule has 0 saturated carbocycles. The summed E-state index contributed by atoms with van der Waals surface area (Å²) in [5, 5.41) is 7.54. The van der Waals surface area contributed by atoms with Crippen LogP contribution in [0.4, 0.5) is 0 Å². The summed E-state index contributed by atoms with van der Waals surface area (Å²) in [6.07, 6.45) is 5.34. The first kappa shape index (κ1) is 17.2. The Bertz CT molecular complexity index is 831. The van der Waals surface area contributed by atoms with Gasteiger partial charge in [0.25, 0.3) is 11.8 Å². The van der Waals surface area contributed by atoms with Crippen molar-refractivity contribution in [3.05, 3.63) is 52.6 Å². The highest BCUT2D eigenvalue weighted by Gasteiger charge is 2.30. The second-order valence-corrected chi connectivity index (χ2v) is 6.06. The van der Waals surface area contributed by atoms with E-state index in [4.69, 9.17) is 11.6 Å². The van der Waals surface area contributed by atoms with Gasteiger partial charge in [-0.25, -0.2) is 10.0 Å². The van der Waals surface area contributed by atoms with Crippen molar-refractivity contribution in [3.63, 3.8) is 0 Å². The highest BCUT2D eigenvalue weighted by atomic mass is 35.5. The van der Waals surface area contributed by atoms with Crippen molar-refractivity contribution in [2.24, 2.45) is 7.05 Å². The number of carbonyl (C=O) groups excluding carboxylic acids is 2. The van der Waals surface area contributed by atoms with Crippen molar-refractivity contribution in [1.82, 2.24) is 24.8 Å². The number of halogens is 1. The molecule has 0 aliphatic carbocycles. The summed E-state index contributed by atoms with van der Waals surface area (Å²) in [7, 11) is 1.74. The number of rotatable bonds is 3. The summed E-state index contributed by atoms with van der Waals surface area (Å²) in [4.78, 5) is 29.2. The number of amides is 2. The summed E-state index contributed by atoms with van der Waals surface area (Å²) in [6, 6.07) is 5.12. The minimum Gasteiger partial charge on any atom is -0.268 e. The van der Waals surface area contributed by atoms with Crippen LogP contribution in [0.1, 0.15) is 28.2 Å². The van der Waals surface area contributed by atoms with Gasteiger partial charge in [0, 0.05) is 38.0 Å². The maximum absolute atomic E-state index is 12.6. The topological polar surface area (TPSA) is 71.3 Å². The Morgan fingerprint density at radius 1 is 1.24 bits per heavy atom. The molecule has 0 spiro atoms. The largest absolute Gasteiger partial charge is 0.291 e. The minimum absolute atomic E-state index is 0.277. The minimum atomic E-state index is -0.282. The van der Waals surface area contributed by atoms with E-state index in [0.717, 1.165) is 12.1 Å². The zero-order valence-electron chi connectivity index (χ0n) is 14.0. The Morgan fingerprint density at radius 2 is 2.00 bits per heavy atom. The SMILES string of the molecule is Cc1nn(C)c(Cl)c1/C=C/C(=O)N1CCCN1C(=O)c1ccccn1. The highest BCUT2D eigenvalue weighted by Crippen LogP contribution is 2.21. The molecule has 130 valence electrons. The van der Waals surface area contributed by atoms with E-state index in [1.807, 2.05) is 6.92 Å². The second kappa shape index (κ2) is 7.06. The Hall–Kier alpha value is -2.67. The molecule has 2 aromatic heterocycles. The number of hydrazine groups is 1. The number of hydrogen-bond acceptors (Lipinski definition) is 4. The molecule has 25 heavy (non-hydrogen) atoms. The van der Waals surface area contributed by atoms with E-state index in [0.29, 0.717) is 29.5 Å². The van der Waals surface area contributed by atoms with Gasteiger partial charge in [-0.3, -0.25) is 19.3 Å². The van der Waals surface area contributed by atoms with E-state index >= 15 is 0 Å². The standard InChI is InChI=1S/C17H18ClN5O2/c1-12-13(16(18)21(2)20-12)7-8-15(24)22-10-5-11-23(22)17(25)14-6-3-4-9-19-14/h3-4,6-9H,5,10-11H2,1-2H3/b8-7+. The van der Waals surface area contributed by atoms with Gasteiger partial charge in [-0.05, 0) is 31.6 Å². The molecular formula is C17H18ClN5O2. The van der Waals surface area contributed by atoms with E-state index in [9.17, 15) is 9.59 Å². The number of aromatic nitrogens is 3. The number of pyridine rings is 1.